The van der Waals surface area contributed by atoms with Gasteiger partial charge in [-0.1, -0.05) is 46.0 Å². The molecule has 16 heavy (non-hydrogen) atoms. The van der Waals surface area contributed by atoms with Gasteiger partial charge in [0.1, 0.15) is 0 Å². The van der Waals surface area contributed by atoms with Crippen LogP contribution in [0.3, 0.4) is 0 Å². The Bertz CT molecular complexity index is 135. The van der Waals surface area contributed by atoms with E-state index in [1.807, 2.05) is 0 Å². The molecule has 0 radical (unpaired) electrons. The molecule has 1 atom stereocenters. The van der Waals surface area contributed by atoms with Crippen molar-refractivity contribution >= 4 is 0 Å². The van der Waals surface area contributed by atoms with Gasteiger partial charge in [-0.25, -0.2) is 0 Å². The summed E-state index contributed by atoms with van der Waals surface area (Å²) in [6.45, 7) is 6.84. The lowest BCUT2D eigenvalue weighted by molar-refractivity contribution is 0.362. The van der Waals surface area contributed by atoms with E-state index in [2.05, 4.69) is 38.2 Å². The Balaban J connectivity index is 3.62. The topological polar surface area (TPSA) is 15.3 Å². The van der Waals surface area contributed by atoms with Gasteiger partial charge < -0.3 is 10.2 Å². The Hall–Kier alpha value is -0.0800. The summed E-state index contributed by atoms with van der Waals surface area (Å²) in [6.07, 6.45) is 9.51. The minimum atomic E-state index is 0.756. The Morgan fingerprint density at radius 1 is 0.938 bits per heavy atom. The third-order valence-electron chi connectivity index (χ3n) is 3.05. The molecule has 2 nitrogen and oxygen atoms in total. The molecule has 0 bridgehead atoms. The molecule has 0 aliphatic carbocycles. The number of hydrogen-bond acceptors (Lipinski definition) is 2. The predicted octanol–water partition coefficient (Wildman–Crippen LogP) is 3.28. The van der Waals surface area contributed by atoms with E-state index in [-0.39, 0.29) is 0 Å². The number of rotatable bonds is 11. The maximum absolute atomic E-state index is 3.70. The predicted molar refractivity (Wildman–Crippen MR) is 74.0 cm³/mol. The van der Waals surface area contributed by atoms with E-state index in [1.54, 1.807) is 0 Å². The van der Waals surface area contributed by atoms with Crippen LogP contribution in [-0.4, -0.2) is 38.1 Å². The Morgan fingerprint density at radius 3 is 2.12 bits per heavy atom. The smallest absolute Gasteiger partial charge is 0.0101 e. The zero-order valence-electron chi connectivity index (χ0n) is 11.9. The largest absolute Gasteiger partial charge is 0.313 e. The molecule has 0 aromatic carbocycles. The summed E-state index contributed by atoms with van der Waals surface area (Å²) < 4.78 is 0. The lowest BCUT2D eigenvalue weighted by Crippen LogP contribution is -2.34. The summed E-state index contributed by atoms with van der Waals surface area (Å²) in [5.74, 6) is 0. The van der Waals surface area contributed by atoms with E-state index in [1.165, 1.54) is 44.9 Å². The maximum atomic E-state index is 3.70. The Kier molecular flexibility index (Phi) is 11.3. The quantitative estimate of drug-likeness (QED) is 0.546. The van der Waals surface area contributed by atoms with Crippen LogP contribution in [-0.2, 0) is 0 Å². The van der Waals surface area contributed by atoms with Crippen molar-refractivity contribution in [3.05, 3.63) is 0 Å². The fourth-order valence-electron chi connectivity index (χ4n) is 1.93. The molecule has 2 heteroatoms. The van der Waals surface area contributed by atoms with E-state index in [4.69, 9.17) is 0 Å². The highest BCUT2D eigenvalue weighted by molar-refractivity contribution is 4.67. The van der Waals surface area contributed by atoms with Crippen LogP contribution >= 0.6 is 0 Å². The van der Waals surface area contributed by atoms with Gasteiger partial charge in [0.15, 0.2) is 0 Å². The van der Waals surface area contributed by atoms with Crippen LogP contribution in [0, 0.1) is 0 Å². The van der Waals surface area contributed by atoms with Crippen molar-refractivity contribution in [2.24, 2.45) is 0 Å². The number of nitrogens with one attached hydrogen (secondary N) is 1. The van der Waals surface area contributed by atoms with Crippen molar-refractivity contribution in [1.82, 2.24) is 10.2 Å². The minimum Gasteiger partial charge on any atom is -0.313 e. The van der Waals surface area contributed by atoms with Crippen LogP contribution in [0.2, 0.25) is 0 Å². The van der Waals surface area contributed by atoms with Gasteiger partial charge in [-0.2, -0.15) is 0 Å². The van der Waals surface area contributed by atoms with Crippen molar-refractivity contribution in [2.45, 2.75) is 64.8 Å². The third-order valence-corrected chi connectivity index (χ3v) is 3.05. The van der Waals surface area contributed by atoms with Crippen LogP contribution in [0.5, 0.6) is 0 Å². The third kappa shape index (κ3) is 10.4. The van der Waals surface area contributed by atoms with E-state index in [9.17, 15) is 0 Å². The molecule has 0 saturated carbocycles. The van der Waals surface area contributed by atoms with Gasteiger partial charge in [-0.05, 0) is 26.9 Å². The van der Waals surface area contributed by atoms with Gasteiger partial charge in [0, 0.05) is 19.1 Å². The molecule has 98 valence electrons. The summed E-state index contributed by atoms with van der Waals surface area (Å²) >= 11 is 0. The fraction of sp³-hybridized carbons (Fsp3) is 1.00. The average molecular weight is 228 g/mol. The lowest BCUT2D eigenvalue weighted by Gasteiger charge is -2.20. The summed E-state index contributed by atoms with van der Waals surface area (Å²) in [4.78, 5) is 2.25. The summed E-state index contributed by atoms with van der Waals surface area (Å²) in [5.41, 5.74) is 0. The molecule has 0 aliphatic rings. The highest BCUT2D eigenvalue weighted by atomic mass is 15.1. The molecule has 0 fully saturated rings. The number of unbranched alkanes of at least 4 members (excludes halogenated alkanes) is 3. The van der Waals surface area contributed by atoms with Crippen LogP contribution in [0.1, 0.15) is 58.8 Å². The molecule has 0 aromatic rings. The number of likely N-dealkylation sites (N-methyl/N-ethyl adjacent to an activating group) is 1. The SMILES string of the molecule is CCCCCC(CCCC)NCCN(C)C. The molecule has 1 unspecified atom stereocenters. The molecule has 0 aliphatic heterocycles. The molecular weight excluding hydrogens is 196 g/mol. The van der Waals surface area contributed by atoms with Crippen molar-refractivity contribution in [1.29, 1.82) is 0 Å². The highest BCUT2D eigenvalue weighted by Crippen LogP contribution is 2.09. The zero-order chi connectivity index (χ0) is 12.2. The maximum Gasteiger partial charge on any atom is 0.0101 e. The van der Waals surface area contributed by atoms with E-state index >= 15 is 0 Å². The normalized spacial score (nSPS) is 13.3. The van der Waals surface area contributed by atoms with Gasteiger partial charge >= 0.3 is 0 Å². The van der Waals surface area contributed by atoms with E-state index in [0.717, 1.165) is 19.1 Å². The van der Waals surface area contributed by atoms with Gasteiger partial charge in [-0.3, -0.25) is 0 Å². The lowest BCUT2D eigenvalue weighted by atomic mass is 10.0. The molecule has 0 aromatic heterocycles. The summed E-state index contributed by atoms with van der Waals surface area (Å²) in [7, 11) is 4.28. The summed E-state index contributed by atoms with van der Waals surface area (Å²) in [5, 5.41) is 3.70. The fourth-order valence-corrected chi connectivity index (χ4v) is 1.93. The van der Waals surface area contributed by atoms with Gasteiger partial charge in [0.25, 0.3) is 0 Å². The number of hydrogen-bond donors (Lipinski definition) is 1. The van der Waals surface area contributed by atoms with Crippen molar-refractivity contribution in [3.63, 3.8) is 0 Å². The second kappa shape index (κ2) is 11.4. The first-order valence-corrected chi connectivity index (χ1v) is 7.08. The molecule has 0 spiro atoms. The standard InChI is InChI=1S/C14H32N2/c1-5-7-9-11-14(10-8-6-2)15-12-13-16(3)4/h14-15H,5-13H2,1-4H3. The van der Waals surface area contributed by atoms with Gasteiger partial charge in [0.05, 0.1) is 0 Å². The number of nitrogens with zero attached hydrogens (tertiary/aromatic N) is 1. The molecule has 1 N–H and O–H groups in total. The van der Waals surface area contributed by atoms with Crippen molar-refractivity contribution in [3.8, 4) is 0 Å². The Labute approximate surface area is 103 Å². The first kappa shape index (κ1) is 15.9. The molecule has 0 amide bonds. The summed E-state index contributed by atoms with van der Waals surface area (Å²) in [6, 6.07) is 0.756. The van der Waals surface area contributed by atoms with Gasteiger partial charge in [0.2, 0.25) is 0 Å². The molecular formula is C14H32N2. The first-order chi connectivity index (χ1) is 7.70. The van der Waals surface area contributed by atoms with Crippen LogP contribution in [0.25, 0.3) is 0 Å². The molecule has 0 saturated heterocycles. The molecule has 0 heterocycles. The minimum absolute atomic E-state index is 0.756. The van der Waals surface area contributed by atoms with E-state index < -0.39 is 0 Å². The second-order valence-corrected chi connectivity index (χ2v) is 5.09. The van der Waals surface area contributed by atoms with Crippen LogP contribution < -0.4 is 5.32 Å². The highest BCUT2D eigenvalue weighted by Gasteiger charge is 2.06. The van der Waals surface area contributed by atoms with Crippen LogP contribution in [0.4, 0.5) is 0 Å². The van der Waals surface area contributed by atoms with Crippen molar-refractivity contribution in [2.75, 3.05) is 27.2 Å². The van der Waals surface area contributed by atoms with Crippen LogP contribution in [0.15, 0.2) is 0 Å². The Morgan fingerprint density at radius 2 is 1.56 bits per heavy atom. The molecule has 0 rings (SSSR count). The zero-order valence-corrected chi connectivity index (χ0v) is 11.9. The average Bonchev–Trinajstić information content (AvgIpc) is 2.25. The first-order valence-electron chi connectivity index (χ1n) is 7.08. The monoisotopic (exact) mass is 228 g/mol. The van der Waals surface area contributed by atoms with Crippen molar-refractivity contribution < 1.29 is 0 Å². The van der Waals surface area contributed by atoms with Gasteiger partial charge in [-0.15, -0.1) is 0 Å². The van der Waals surface area contributed by atoms with E-state index in [0.29, 0.717) is 0 Å². The second-order valence-electron chi connectivity index (χ2n) is 5.09.